The molecule has 3 unspecified atom stereocenters. The third-order valence-corrected chi connectivity index (χ3v) is 5.37. The second-order valence-electron chi connectivity index (χ2n) is 7.02. The Kier molecular flexibility index (Phi) is 7.45. The Labute approximate surface area is 169 Å². The lowest BCUT2D eigenvalue weighted by molar-refractivity contribution is -0.253. The number of benzene rings is 1. The molecule has 1 aromatic rings. The Hall–Kier alpha value is -1.92. The van der Waals surface area contributed by atoms with Gasteiger partial charge in [0.1, 0.15) is 0 Å². The predicted molar refractivity (Wildman–Crippen MR) is 107 cm³/mol. The molecule has 6 heteroatoms. The monoisotopic (exact) mass is 404 g/mol. The van der Waals surface area contributed by atoms with E-state index in [-0.39, 0.29) is 24.4 Å². The molecule has 0 aromatic heterocycles. The average Bonchev–Trinajstić information content (AvgIpc) is 2.68. The molecule has 5 atom stereocenters. The first kappa shape index (κ1) is 20.8. The summed E-state index contributed by atoms with van der Waals surface area (Å²) in [7, 11) is 0. The topological polar surface area (TPSA) is 76.0 Å². The van der Waals surface area contributed by atoms with Crippen LogP contribution >= 0.6 is 11.6 Å². The van der Waals surface area contributed by atoms with E-state index in [9.17, 15) is 9.90 Å². The minimum absolute atomic E-state index is 0.0376. The zero-order valence-electron chi connectivity index (χ0n) is 15.5. The fourth-order valence-electron chi connectivity index (χ4n) is 3.55. The van der Waals surface area contributed by atoms with Crippen molar-refractivity contribution < 1.29 is 24.5 Å². The first-order chi connectivity index (χ1) is 13.6. The van der Waals surface area contributed by atoms with Crippen molar-refractivity contribution in [2.45, 2.75) is 37.8 Å². The van der Waals surface area contributed by atoms with Gasteiger partial charge in [-0.3, -0.25) is 4.79 Å². The number of aliphatic carboxylic acids is 1. The van der Waals surface area contributed by atoms with Crippen molar-refractivity contribution in [3.8, 4) is 0 Å². The fraction of sp³-hybridized carbons (Fsp3) is 0.409. The van der Waals surface area contributed by atoms with E-state index in [0.717, 1.165) is 5.56 Å². The summed E-state index contributed by atoms with van der Waals surface area (Å²) >= 11 is 6.31. The number of aliphatic hydroxyl groups excluding tert-OH is 1. The van der Waals surface area contributed by atoms with Gasteiger partial charge in [0.25, 0.3) is 0 Å². The highest BCUT2D eigenvalue weighted by atomic mass is 35.5. The van der Waals surface area contributed by atoms with Gasteiger partial charge in [-0.15, -0.1) is 0 Å². The van der Waals surface area contributed by atoms with Gasteiger partial charge in [-0.2, -0.15) is 0 Å². The number of halogens is 1. The molecule has 1 fully saturated rings. The van der Waals surface area contributed by atoms with Crippen LogP contribution in [0, 0.1) is 11.8 Å². The SMILES string of the molecule is O=C(O)CC/C=C\C[C@H]1COC(c2ccccc2Cl)O[C@H]1C1C=CC=CC1O. The lowest BCUT2D eigenvalue weighted by Gasteiger charge is -2.41. The van der Waals surface area contributed by atoms with Crippen molar-refractivity contribution in [3.05, 3.63) is 71.3 Å². The first-order valence-electron chi connectivity index (χ1n) is 9.47. The van der Waals surface area contributed by atoms with Crippen LogP contribution < -0.4 is 0 Å². The second-order valence-corrected chi connectivity index (χ2v) is 7.43. The van der Waals surface area contributed by atoms with E-state index < -0.39 is 18.4 Å². The minimum Gasteiger partial charge on any atom is -0.481 e. The quantitative estimate of drug-likeness (QED) is 0.663. The maximum atomic E-state index is 10.6. The summed E-state index contributed by atoms with van der Waals surface area (Å²) in [4.78, 5) is 10.6. The molecule has 28 heavy (non-hydrogen) atoms. The lowest BCUT2D eigenvalue weighted by atomic mass is 9.82. The number of carboxylic acid groups (broad SMARTS) is 1. The summed E-state index contributed by atoms with van der Waals surface area (Å²) in [6.07, 6.45) is 11.1. The van der Waals surface area contributed by atoms with Gasteiger partial charge >= 0.3 is 5.97 Å². The van der Waals surface area contributed by atoms with Gasteiger partial charge in [-0.25, -0.2) is 0 Å². The summed E-state index contributed by atoms with van der Waals surface area (Å²) < 4.78 is 12.2. The van der Waals surface area contributed by atoms with E-state index in [1.54, 1.807) is 12.1 Å². The maximum Gasteiger partial charge on any atom is 0.303 e. The molecule has 1 aliphatic heterocycles. The van der Waals surface area contributed by atoms with Gasteiger partial charge in [0.2, 0.25) is 0 Å². The molecule has 150 valence electrons. The number of rotatable bonds is 7. The maximum absolute atomic E-state index is 10.6. The summed E-state index contributed by atoms with van der Waals surface area (Å²) in [6.45, 7) is 0.463. The summed E-state index contributed by atoms with van der Waals surface area (Å²) in [6, 6.07) is 7.42. The van der Waals surface area contributed by atoms with Crippen LogP contribution in [0.25, 0.3) is 0 Å². The third kappa shape index (κ3) is 5.32. The van der Waals surface area contributed by atoms with Crippen molar-refractivity contribution in [1.29, 1.82) is 0 Å². The smallest absolute Gasteiger partial charge is 0.303 e. The second kappa shape index (κ2) is 10.0. The van der Waals surface area contributed by atoms with E-state index in [2.05, 4.69) is 0 Å². The molecule has 0 saturated carbocycles. The molecule has 0 amide bonds. The highest BCUT2D eigenvalue weighted by Crippen LogP contribution is 2.38. The van der Waals surface area contributed by atoms with Gasteiger partial charge < -0.3 is 19.7 Å². The Morgan fingerprint density at radius 1 is 1.21 bits per heavy atom. The van der Waals surface area contributed by atoms with Crippen LogP contribution in [0.3, 0.4) is 0 Å². The van der Waals surface area contributed by atoms with Gasteiger partial charge in [-0.05, 0) is 18.9 Å². The molecule has 1 heterocycles. The first-order valence-corrected chi connectivity index (χ1v) is 9.85. The van der Waals surface area contributed by atoms with Crippen molar-refractivity contribution >= 4 is 17.6 Å². The van der Waals surface area contributed by atoms with Gasteiger partial charge in [0.05, 0.1) is 18.8 Å². The molecular formula is C22H25ClO5. The Bertz CT molecular complexity index is 757. The lowest BCUT2D eigenvalue weighted by Crippen LogP contribution is -2.44. The van der Waals surface area contributed by atoms with Crippen LogP contribution in [-0.2, 0) is 14.3 Å². The van der Waals surface area contributed by atoms with Crippen LogP contribution in [0.15, 0.2) is 60.7 Å². The molecule has 0 spiro atoms. The van der Waals surface area contributed by atoms with Gasteiger partial charge in [0.15, 0.2) is 6.29 Å². The Balaban J connectivity index is 1.72. The van der Waals surface area contributed by atoms with Crippen LogP contribution in [0.4, 0.5) is 0 Å². The number of carboxylic acids is 1. The number of carbonyl (C=O) groups is 1. The predicted octanol–water partition coefficient (Wildman–Crippen LogP) is 4.28. The largest absolute Gasteiger partial charge is 0.481 e. The number of hydrogen-bond donors (Lipinski definition) is 2. The van der Waals surface area contributed by atoms with Crippen molar-refractivity contribution in [3.63, 3.8) is 0 Å². The van der Waals surface area contributed by atoms with Crippen LogP contribution in [0.1, 0.15) is 31.1 Å². The molecule has 0 radical (unpaired) electrons. The Morgan fingerprint density at radius 3 is 2.75 bits per heavy atom. The highest BCUT2D eigenvalue weighted by molar-refractivity contribution is 6.31. The van der Waals surface area contributed by atoms with Crippen molar-refractivity contribution in [2.75, 3.05) is 6.61 Å². The zero-order chi connectivity index (χ0) is 19.9. The number of aliphatic hydroxyl groups is 1. The normalized spacial score (nSPS) is 30.0. The molecule has 0 bridgehead atoms. The van der Waals surface area contributed by atoms with E-state index >= 15 is 0 Å². The van der Waals surface area contributed by atoms with Crippen LogP contribution in [0.5, 0.6) is 0 Å². The van der Waals surface area contributed by atoms with Crippen molar-refractivity contribution in [1.82, 2.24) is 0 Å². The summed E-state index contributed by atoms with van der Waals surface area (Å²) in [5.41, 5.74) is 0.773. The molecule has 5 nitrogen and oxygen atoms in total. The molecule has 2 N–H and O–H groups in total. The van der Waals surface area contributed by atoms with Gasteiger partial charge in [-0.1, -0.05) is 66.3 Å². The van der Waals surface area contributed by atoms with Crippen LogP contribution in [-0.4, -0.2) is 35.0 Å². The van der Waals surface area contributed by atoms with E-state index in [0.29, 0.717) is 24.5 Å². The van der Waals surface area contributed by atoms with E-state index in [1.165, 1.54) is 0 Å². The molecule has 1 saturated heterocycles. The van der Waals surface area contributed by atoms with Gasteiger partial charge in [0, 0.05) is 28.8 Å². The standard InChI is InChI=1S/C22H25ClO5/c23-18-11-6-4-9-16(18)22-27-14-15(8-2-1-3-13-20(25)26)21(28-22)17-10-5-7-12-19(17)24/h1-2,4-7,9-12,15,17,19,21-22,24H,3,8,13-14H2,(H,25,26)/b2-1-/t15-,17?,19?,21+,22?/m0/s1. The van der Waals surface area contributed by atoms with Crippen LogP contribution in [0.2, 0.25) is 5.02 Å². The third-order valence-electron chi connectivity index (χ3n) is 5.02. The fourth-order valence-corrected chi connectivity index (χ4v) is 3.77. The molecule has 1 aromatic carbocycles. The van der Waals surface area contributed by atoms with E-state index in [1.807, 2.05) is 48.6 Å². The number of ether oxygens (including phenoxy) is 2. The van der Waals surface area contributed by atoms with Crippen molar-refractivity contribution in [2.24, 2.45) is 11.8 Å². The molecule has 3 rings (SSSR count). The summed E-state index contributed by atoms with van der Waals surface area (Å²) in [5.74, 6) is -0.955. The summed E-state index contributed by atoms with van der Waals surface area (Å²) in [5, 5.41) is 19.8. The highest BCUT2D eigenvalue weighted by Gasteiger charge is 2.39. The minimum atomic E-state index is -0.809. The molecule has 2 aliphatic rings. The number of hydrogen-bond acceptors (Lipinski definition) is 4. The Morgan fingerprint density at radius 2 is 2.00 bits per heavy atom. The number of allylic oxidation sites excluding steroid dienone is 4. The average molecular weight is 405 g/mol. The zero-order valence-corrected chi connectivity index (χ0v) is 16.2. The van der Waals surface area contributed by atoms with E-state index in [4.69, 9.17) is 26.2 Å². The molecular weight excluding hydrogens is 380 g/mol. The molecule has 1 aliphatic carbocycles.